The maximum Gasteiger partial charge on any atom is 0.164 e. The van der Waals surface area contributed by atoms with Crippen molar-refractivity contribution < 1.29 is 5.11 Å². The van der Waals surface area contributed by atoms with Gasteiger partial charge in [0.1, 0.15) is 11.4 Å². The quantitative estimate of drug-likeness (QED) is 0.906. The molecule has 0 saturated carbocycles. The van der Waals surface area contributed by atoms with E-state index in [4.69, 9.17) is 0 Å². The third-order valence-corrected chi connectivity index (χ3v) is 3.22. The van der Waals surface area contributed by atoms with Gasteiger partial charge in [0.15, 0.2) is 5.75 Å². The summed E-state index contributed by atoms with van der Waals surface area (Å²) in [5.74, 6) is 0.816. The van der Waals surface area contributed by atoms with Crippen molar-refractivity contribution in [3.8, 4) is 17.0 Å². The highest BCUT2D eigenvalue weighted by Gasteiger charge is 2.18. The van der Waals surface area contributed by atoms with E-state index in [1.807, 2.05) is 23.7 Å². The Morgan fingerprint density at radius 2 is 1.84 bits per heavy atom. The number of nitrogens with zero attached hydrogens (tertiary/aromatic N) is 2. The summed E-state index contributed by atoms with van der Waals surface area (Å²) in [5, 5.41) is 15.0. The van der Waals surface area contributed by atoms with E-state index in [9.17, 15) is 5.11 Å². The largest absolute Gasteiger partial charge is 0.504 e. The second-order valence-corrected chi connectivity index (χ2v) is 5.42. The second kappa shape index (κ2) is 5.47. The van der Waals surface area contributed by atoms with Crippen molar-refractivity contribution in [2.24, 2.45) is 5.92 Å². The smallest absolute Gasteiger partial charge is 0.164 e. The second-order valence-electron chi connectivity index (χ2n) is 5.42. The maximum atomic E-state index is 10.4. The summed E-state index contributed by atoms with van der Waals surface area (Å²) in [6.07, 6.45) is 0.803. The minimum Gasteiger partial charge on any atom is -0.504 e. The Hall–Kier alpha value is -1.77. The van der Waals surface area contributed by atoms with Crippen LogP contribution < -0.4 is 0 Å². The lowest BCUT2D eigenvalue weighted by Gasteiger charge is -2.05. The SMILES string of the molecule is CCn1nc(CC(C)C)c(O)c1-c1ccc(C)cc1. The van der Waals surface area contributed by atoms with Crippen molar-refractivity contribution in [1.29, 1.82) is 0 Å². The van der Waals surface area contributed by atoms with Crippen LogP contribution in [0.2, 0.25) is 0 Å². The molecular weight excluding hydrogens is 236 g/mol. The molecule has 1 aromatic heterocycles. The van der Waals surface area contributed by atoms with Crippen molar-refractivity contribution >= 4 is 0 Å². The van der Waals surface area contributed by atoms with Crippen molar-refractivity contribution in [2.75, 3.05) is 0 Å². The molecule has 3 heteroatoms. The van der Waals surface area contributed by atoms with Crippen LogP contribution in [-0.2, 0) is 13.0 Å². The summed E-state index contributed by atoms with van der Waals surface area (Å²) in [6.45, 7) is 9.13. The molecule has 0 radical (unpaired) electrons. The fraction of sp³-hybridized carbons (Fsp3) is 0.438. The predicted molar refractivity (Wildman–Crippen MR) is 78.3 cm³/mol. The van der Waals surface area contributed by atoms with Crippen molar-refractivity contribution in [2.45, 2.75) is 40.7 Å². The van der Waals surface area contributed by atoms with Crippen LogP contribution in [0.3, 0.4) is 0 Å². The number of aromatic hydroxyl groups is 1. The van der Waals surface area contributed by atoms with Crippen molar-refractivity contribution in [3.63, 3.8) is 0 Å². The maximum absolute atomic E-state index is 10.4. The zero-order chi connectivity index (χ0) is 14.0. The van der Waals surface area contributed by atoms with Gasteiger partial charge in [-0.3, -0.25) is 4.68 Å². The van der Waals surface area contributed by atoms with Crippen LogP contribution in [0.5, 0.6) is 5.75 Å². The zero-order valence-corrected chi connectivity index (χ0v) is 12.1. The van der Waals surface area contributed by atoms with E-state index in [2.05, 4.69) is 38.0 Å². The molecule has 3 nitrogen and oxygen atoms in total. The lowest BCUT2D eigenvalue weighted by molar-refractivity contribution is 0.464. The van der Waals surface area contributed by atoms with Crippen LogP contribution in [0.4, 0.5) is 0 Å². The molecule has 0 aliphatic rings. The monoisotopic (exact) mass is 258 g/mol. The molecule has 0 fully saturated rings. The Balaban J connectivity index is 2.49. The summed E-state index contributed by atoms with van der Waals surface area (Å²) in [7, 11) is 0. The number of rotatable bonds is 4. The molecule has 0 aliphatic heterocycles. The molecule has 0 atom stereocenters. The minimum absolute atomic E-state index is 0.333. The molecule has 19 heavy (non-hydrogen) atoms. The Labute approximate surface area is 114 Å². The summed E-state index contributed by atoms with van der Waals surface area (Å²) in [4.78, 5) is 0. The molecule has 1 N–H and O–H groups in total. The lowest BCUT2D eigenvalue weighted by Crippen LogP contribution is -2.01. The van der Waals surface area contributed by atoms with Crippen LogP contribution >= 0.6 is 0 Å². The Morgan fingerprint density at radius 3 is 2.37 bits per heavy atom. The average Bonchev–Trinajstić information content (AvgIpc) is 2.67. The van der Waals surface area contributed by atoms with Gasteiger partial charge in [0.25, 0.3) is 0 Å². The van der Waals surface area contributed by atoms with E-state index in [0.29, 0.717) is 11.7 Å². The highest BCUT2D eigenvalue weighted by Crippen LogP contribution is 2.33. The molecule has 2 aromatic rings. The first kappa shape index (κ1) is 13.7. The van der Waals surface area contributed by atoms with Crippen LogP contribution in [0, 0.1) is 12.8 Å². The number of benzene rings is 1. The van der Waals surface area contributed by atoms with Gasteiger partial charge in [0.2, 0.25) is 0 Å². The molecule has 0 saturated heterocycles. The van der Waals surface area contributed by atoms with E-state index in [-0.39, 0.29) is 0 Å². The molecule has 0 aliphatic carbocycles. The molecule has 1 heterocycles. The molecule has 1 aromatic carbocycles. The molecule has 0 unspecified atom stereocenters. The first-order chi connectivity index (χ1) is 9.02. The van der Waals surface area contributed by atoms with Crippen LogP contribution in [0.1, 0.15) is 32.0 Å². The molecular formula is C16H22N2O. The van der Waals surface area contributed by atoms with Crippen molar-refractivity contribution in [1.82, 2.24) is 9.78 Å². The molecule has 2 rings (SSSR count). The average molecular weight is 258 g/mol. The topological polar surface area (TPSA) is 38.0 Å². The van der Waals surface area contributed by atoms with Crippen molar-refractivity contribution in [3.05, 3.63) is 35.5 Å². The van der Waals surface area contributed by atoms with Crippen LogP contribution in [0.25, 0.3) is 11.3 Å². The van der Waals surface area contributed by atoms with Gasteiger partial charge in [-0.05, 0) is 26.2 Å². The summed E-state index contributed by atoms with van der Waals surface area (Å²) >= 11 is 0. The zero-order valence-electron chi connectivity index (χ0n) is 12.1. The third kappa shape index (κ3) is 2.80. The van der Waals surface area contributed by atoms with Gasteiger partial charge in [-0.2, -0.15) is 5.10 Å². The highest BCUT2D eigenvalue weighted by atomic mass is 16.3. The molecule has 0 spiro atoms. The summed E-state index contributed by atoms with van der Waals surface area (Å²) < 4.78 is 1.89. The molecule has 102 valence electrons. The minimum atomic E-state index is 0.333. The Bertz CT molecular complexity index is 553. The lowest BCUT2D eigenvalue weighted by atomic mass is 10.0. The van der Waals surface area contributed by atoms with E-state index in [1.54, 1.807) is 0 Å². The first-order valence-corrected chi connectivity index (χ1v) is 6.88. The fourth-order valence-corrected chi connectivity index (χ4v) is 2.25. The van der Waals surface area contributed by atoms with Gasteiger partial charge in [0.05, 0.1) is 0 Å². The molecule has 0 bridgehead atoms. The predicted octanol–water partition coefficient (Wildman–Crippen LogP) is 3.78. The normalized spacial score (nSPS) is 11.2. The van der Waals surface area contributed by atoms with Gasteiger partial charge in [-0.25, -0.2) is 0 Å². The number of hydrogen-bond donors (Lipinski definition) is 1. The Kier molecular flexibility index (Phi) is 3.93. The number of aryl methyl sites for hydroxylation is 2. The first-order valence-electron chi connectivity index (χ1n) is 6.88. The van der Waals surface area contributed by atoms with E-state index >= 15 is 0 Å². The Morgan fingerprint density at radius 1 is 1.21 bits per heavy atom. The highest BCUT2D eigenvalue weighted by molar-refractivity contribution is 5.68. The number of aromatic nitrogens is 2. The van der Waals surface area contributed by atoms with Crippen LogP contribution in [-0.4, -0.2) is 14.9 Å². The third-order valence-electron chi connectivity index (χ3n) is 3.22. The standard InChI is InChI=1S/C16H22N2O/c1-5-18-15(13-8-6-12(4)7-9-13)16(19)14(17-18)10-11(2)3/h6-9,11,19H,5,10H2,1-4H3. The van der Waals surface area contributed by atoms with Gasteiger partial charge in [0, 0.05) is 12.1 Å². The molecule has 0 amide bonds. The van der Waals surface area contributed by atoms with E-state index in [1.165, 1.54) is 5.56 Å². The summed E-state index contributed by atoms with van der Waals surface area (Å²) in [6, 6.07) is 8.20. The van der Waals surface area contributed by atoms with Crippen LogP contribution in [0.15, 0.2) is 24.3 Å². The van der Waals surface area contributed by atoms with Gasteiger partial charge in [-0.15, -0.1) is 0 Å². The number of hydrogen-bond acceptors (Lipinski definition) is 2. The van der Waals surface area contributed by atoms with Gasteiger partial charge < -0.3 is 5.11 Å². The van der Waals surface area contributed by atoms with Gasteiger partial charge in [-0.1, -0.05) is 43.7 Å². The summed E-state index contributed by atoms with van der Waals surface area (Å²) in [5.41, 5.74) is 3.87. The fourth-order valence-electron chi connectivity index (χ4n) is 2.25. The van der Waals surface area contributed by atoms with E-state index in [0.717, 1.165) is 29.9 Å². The van der Waals surface area contributed by atoms with Gasteiger partial charge >= 0.3 is 0 Å². The van der Waals surface area contributed by atoms with E-state index < -0.39 is 0 Å².